The maximum atomic E-state index is 13.3. The molecule has 0 amide bonds. The van der Waals surface area contributed by atoms with Gasteiger partial charge in [0, 0.05) is 17.3 Å². The van der Waals surface area contributed by atoms with Crippen LogP contribution in [0.1, 0.15) is 16.7 Å². The fraction of sp³-hybridized carbons (Fsp3) is 0.200. The van der Waals surface area contributed by atoms with E-state index in [-0.39, 0.29) is 12.1 Å². The Morgan fingerprint density at radius 1 is 1.10 bits per heavy atom. The zero-order valence-corrected chi connectivity index (χ0v) is 11.8. The molecule has 0 radical (unpaired) electrons. The second-order valence-electron chi connectivity index (χ2n) is 4.66. The molecule has 0 atom stereocenters. The smallest absolute Gasteiger partial charge is 0.381 e. The van der Waals surface area contributed by atoms with Crippen LogP contribution in [0.4, 0.5) is 23.2 Å². The van der Waals surface area contributed by atoms with Crippen molar-refractivity contribution in [2.24, 2.45) is 0 Å². The molecule has 2 aromatic rings. The van der Waals surface area contributed by atoms with Gasteiger partial charge in [-0.3, -0.25) is 0 Å². The van der Waals surface area contributed by atoms with Gasteiger partial charge in [-0.15, -0.1) is 0 Å². The third-order valence-corrected chi connectivity index (χ3v) is 3.20. The molecule has 112 valence electrons. The van der Waals surface area contributed by atoms with Gasteiger partial charge in [-0.25, -0.2) is 4.39 Å². The summed E-state index contributed by atoms with van der Waals surface area (Å²) < 4.78 is 51.1. The summed E-state index contributed by atoms with van der Waals surface area (Å²) in [5.74, 6) is -0.913. The van der Waals surface area contributed by atoms with E-state index in [0.29, 0.717) is 16.8 Å². The number of hydrogen-bond acceptors (Lipinski definition) is 1. The zero-order valence-electron chi connectivity index (χ0n) is 11.1. The summed E-state index contributed by atoms with van der Waals surface area (Å²) in [4.78, 5) is 0. The lowest BCUT2D eigenvalue weighted by Gasteiger charge is -2.12. The van der Waals surface area contributed by atoms with E-state index in [1.165, 1.54) is 0 Å². The largest absolute Gasteiger partial charge is 0.416 e. The van der Waals surface area contributed by atoms with Gasteiger partial charge in [0.1, 0.15) is 5.82 Å². The van der Waals surface area contributed by atoms with E-state index in [1.54, 1.807) is 18.2 Å². The molecule has 0 aromatic heterocycles. The number of aryl methyl sites for hydroxylation is 1. The van der Waals surface area contributed by atoms with Gasteiger partial charge >= 0.3 is 6.18 Å². The fourth-order valence-electron chi connectivity index (χ4n) is 1.90. The molecule has 0 aliphatic heterocycles. The van der Waals surface area contributed by atoms with Gasteiger partial charge < -0.3 is 5.32 Å². The summed E-state index contributed by atoms with van der Waals surface area (Å²) in [6.07, 6.45) is -4.57. The Labute approximate surface area is 124 Å². The van der Waals surface area contributed by atoms with Crippen LogP contribution in [0, 0.1) is 12.7 Å². The lowest BCUT2D eigenvalue weighted by molar-refractivity contribution is -0.137. The standard InChI is InChI=1S/C15H12ClF4N/c1-9-2-3-12(16)7-14(9)21-8-10-4-11(15(18,19)20)6-13(17)5-10/h2-7,21H,8H2,1H3. The molecule has 0 aliphatic carbocycles. The highest BCUT2D eigenvalue weighted by molar-refractivity contribution is 6.30. The van der Waals surface area contributed by atoms with Crippen molar-refractivity contribution >= 4 is 17.3 Å². The molecular weight excluding hydrogens is 306 g/mol. The Morgan fingerprint density at radius 2 is 1.81 bits per heavy atom. The Morgan fingerprint density at radius 3 is 2.48 bits per heavy atom. The zero-order chi connectivity index (χ0) is 15.6. The molecule has 0 aliphatic rings. The van der Waals surface area contributed by atoms with Crippen LogP contribution in [-0.4, -0.2) is 0 Å². The quantitative estimate of drug-likeness (QED) is 0.745. The van der Waals surface area contributed by atoms with Gasteiger partial charge in [0.25, 0.3) is 0 Å². The Balaban J connectivity index is 2.20. The number of hydrogen-bond donors (Lipinski definition) is 1. The van der Waals surface area contributed by atoms with Crippen LogP contribution in [-0.2, 0) is 12.7 Å². The summed E-state index contributed by atoms with van der Waals surface area (Å²) in [7, 11) is 0. The van der Waals surface area contributed by atoms with Crippen LogP contribution in [0.3, 0.4) is 0 Å². The van der Waals surface area contributed by atoms with Crippen molar-refractivity contribution in [3.8, 4) is 0 Å². The van der Waals surface area contributed by atoms with Crippen molar-refractivity contribution in [3.05, 3.63) is 63.9 Å². The molecule has 6 heteroatoms. The number of benzene rings is 2. The maximum Gasteiger partial charge on any atom is 0.416 e. The number of nitrogens with one attached hydrogen (secondary N) is 1. The van der Waals surface area contributed by atoms with Crippen LogP contribution >= 0.6 is 11.6 Å². The van der Waals surface area contributed by atoms with E-state index >= 15 is 0 Å². The number of anilines is 1. The number of alkyl halides is 3. The van der Waals surface area contributed by atoms with Gasteiger partial charge in [-0.1, -0.05) is 17.7 Å². The van der Waals surface area contributed by atoms with Crippen LogP contribution in [0.5, 0.6) is 0 Å². The molecule has 0 heterocycles. The third-order valence-electron chi connectivity index (χ3n) is 2.97. The van der Waals surface area contributed by atoms with Crippen molar-refractivity contribution in [2.45, 2.75) is 19.6 Å². The number of halogens is 5. The van der Waals surface area contributed by atoms with Crippen molar-refractivity contribution in [1.29, 1.82) is 0 Å². The summed E-state index contributed by atoms with van der Waals surface area (Å²) in [6.45, 7) is 1.91. The topological polar surface area (TPSA) is 12.0 Å². The highest BCUT2D eigenvalue weighted by Gasteiger charge is 2.31. The van der Waals surface area contributed by atoms with E-state index in [0.717, 1.165) is 17.7 Å². The van der Waals surface area contributed by atoms with Gasteiger partial charge in [-0.2, -0.15) is 13.2 Å². The molecule has 0 saturated carbocycles. The van der Waals surface area contributed by atoms with E-state index in [2.05, 4.69) is 5.32 Å². The molecular formula is C15H12ClF4N. The third kappa shape index (κ3) is 4.11. The molecule has 1 N–H and O–H groups in total. The molecule has 0 fully saturated rings. The highest BCUT2D eigenvalue weighted by atomic mass is 35.5. The van der Waals surface area contributed by atoms with E-state index < -0.39 is 17.6 Å². The van der Waals surface area contributed by atoms with Crippen molar-refractivity contribution in [1.82, 2.24) is 0 Å². The normalized spacial score (nSPS) is 11.5. The van der Waals surface area contributed by atoms with Crippen LogP contribution in [0.2, 0.25) is 5.02 Å². The number of rotatable bonds is 3. The van der Waals surface area contributed by atoms with E-state index in [9.17, 15) is 17.6 Å². The first-order valence-corrected chi connectivity index (χ1v) is 6.50. The highest BCUT2D eigenvalue weighted by Crippen LogP contribution is 2.30. The minimum atomic E-state index is -4.57. The minimum Gasteiger partial charge on any atom is -0.381 e. The van der Waals surface area contributed by atoms with Crippen LogP contribution in [0.15, 0.2) is 36.4 Å². The average Bonchev–Trinajstić information content (AvgIpc) is 2.38. The average molecular weight is 318 g/mol. The Kier molecular flexibility index (Phi) is 4.42. The Hall–Kier alpha value is -1.75. The van der Waals surface area contributed by atoms with E-state index in [1.807, 2.05) is 6.92 Å². The SMILES string of the molecule is Cc1ccc(Cl)cc1NCc1cc(F)cc(C(F)(F)F)c1. The molecule has 0 unspecified atom stereocenters. The maximum absolute atomic E-state index is 13.3. The summed E-state index contributed by atoms with van der Waals surface area (Å²) in [5, 5.41) is 3.47. The predicted molar refractivity (Wildman–Crippen MR) is 74.9 cm³/mol. The molecule has 0 spiro atoms. The van der Waals surface area contributed by atoms with E-state index in [4.69, 9.17) is 11.6 Å². The Bertz CT molecular complexity index is 653. The first-order valence-electron chi connectivity index (χ1n) is 6.12. The summed E-state index contributed by atoms with van der Waals surface area (Å²) in [5.41, 5.74) is 0.802. The summed E-state index contributed by atoms with van der Waals surface area (Å²) >= 11 is 5.86. The molecule has 1 nitrogen and oxygen atoms in total. The predicted octanol–water partition coefficient (Wildman–Crippen LogP) is 5.42. The first-order chi connectivity index (χ1) is 9.75. The molecule has 2 aromatic carbocycles. The first kappa shape index (κ1) is 15.6. The fourth-order valence-corrected chi connectivity index (χ4v) is 2.07. The van der Waals surface area contributed by atoms with Gasteiger partial charge in [0.15, 0.2) is 0 Å². The van der Waals surface area contributed by atoms with Crippen molar-refractivity contribution in [2.75, 3.05) is 5.32 Å². The molecule has 2 rings (SSSR count). The van der Waals surface area contributed by atoms with Crippen molar-refractivity contribution in [3.63, 3.8) is 0 Å². The minimum absolute atomic E-state index is 0.0715. The second-order valence-corrected chi connectivity index (χ2v) is 5.10. The van der Waals surface area contributed by atoms with Crippen LogP contribution < -0.4 is 5.32 Å². The molecule has 21 heavy (non-hydrogen) atoms. The molecule has 0 saturated heterocycles. The monoisotopic (exact) mass is 317 g/mol. The second kappa shape index (κ2) is 5.93. The van der Waals surface area contributed by atoms with Crippen LogP contribution in [0.25, 0.3) is 0 Å². The van der Waals surface area contributed by atoms with Gasteiger partial charge in [0.2, 0.25) is 0 Å². The van der Waals surface area contributed by atoms with Gasteiger partial charge in [-0.05, 0) is 48.4 Å². The lowest BCUT2D eigenvalue weighted by Crippen LogP contribution is -2.08. The summed E-state index contributed by atoms with van der Waals surface area (Å²) in [6, 6.07) is 7.65. The van der Waals surface area contributed by atoms with Gasteiger partial charge in [0.05, 0.1) is 5.56 Å². The molecule has 0 bridgehead atoms. The lowest BCUT2D eigenvalue weighted by atomic mass is 10.1. The van der Waals surface area contributed by atoms with Crippen molar-refractivity contribution < 1.29 is 17.6 Å².